The zero-order chi connectivity index (χ0) is 22.6. The number of ether oxygens (including phenoxy) is 5. The average molecular weight is 435 g/mol. The first kappa shape index (κ1) is 22.3. The van der Waals surface area contributed by atoms with Gasteiger partial charge >= 0.3 is 0 Å². The van der Waals surface area contributed by atoms with Crippen molar-refractivity contribution in [2.24, 2.45) is 0 Å². The summed E-state index contributed by atoms with van der Waals surface area (Å²) in [7, 11) is 3.33. The summed E-state index contributed by atoms with van der Waals surface area (Å²) in [6, 6.07) is 26.3. The second kappa shape index (κ2) is 9.33. The Morgan fingerprint density at radius 3 is 1.72 bits per heavy atom. The van der Waals surface area contributed by atoms with Gasteiger partial charge in [-0.15, -0.1) is 0 Å². The van der Waals surface area contributed by atoms with Gasteiger partial charge in [0.15, 0.2) is 5.79 Å². The number of benzene rings is 3. The summed E-state index contributed by atoms with van der Waals surface area (Å²) in [5, 5.41) is 0. The van der Waals surface area contributed by atoms with Crippen LogP contribution >= 0.6 is 0 Å². The monoisotopic (exact) mass is 434 g/mol. The Bertz CT molecular complexity index is 949. The molecule has 5 nitrogen and oxygen atoms in total. The van der Waals surface area contributed by atoms with Gasteiger partial charge in [0.2, 0.25) is 0 Å². The van der Waals surface area contributed by atoms with E-state index in [0.29, 0.717) is 13.2 Å². The highest BCUT2D eigenvalue weighted by Gasteiger charge is 2.40. The molecular formula is C27H30O5. The molecule has 1 aliphatic rings. The van der Waals surface area contributed by atoms with E-state index in [2.05, 4.69) is 12.1 Å². The van der Waals surface area contributed by atoms with E-state index in [1.165, 1.54) is 0 Å². The molecule has 0 radical (unpaired) electrons. The van der Waals surface area contributed by atoms with Gasteiger partial charge in [-0.2, -0.15) is 0 Å². The maximum atomic E-state index is 6.83. The average Bonchev–Trinajstić information content (AvgIpc) is 3.19. The lowest BCUT2D eigenvalue weighted by Gasteiger charge is -2.36. The molecule has 0 N–H and O–H groups in total. The summed E-state index contributed by atoms with van der Waals surface area (Å²) in [5.41, 5.74) is 2.16. The molecule has 1 aliphatic heterocycles. The van der Waals surface area contributed by atoms with Gasteiger partial charge in [-0.1, -0.05) is 54.6 Å². The van der Waals surface area contributed by atoms with E-state index in [1.807, 2.05) is 80.6 Å². The fourth-order valence-corrected chi connectivity index (χ4v) is 4.14. The Hall–Kier alpha value is -2.86. The van der Waals surface area contributed by atoms with Crippen molar-refractivity contribution in [2.45, 2.75) is 31.3 Å². The van der Waals surface area contributed by atoms with Gasteiger partial charge in [-0.25, -0.2) is 0 Å². The van der Waals surface area contributed by atoms with Gasteiger partial charge in [0.05, 0.1) is 27.4 Å². The molecule has 5 heteroatoms. The highest BCUT2D eigenvalue weighted by atomic mass is 16.7. The van der Waals surface area contributed by atoms with E-state index in [-0.39, 0.29) is 6.10 Å². The minimum Gasteiger partial charge on any atom is -0.497 e. The number of hydrogen-bond acceptors (Lipinski definition) is 5. The van der Waals surface area contributed by atoms with Crippen LogP contribution in [0.4, 0.5) is 0 Å². The van der Waals surface area contributed by atoms with Gasteiger partial charge in [0.1, 0.15) is 23.2 Å². The summed E-state index contributed by atoms with van der Waals surface area (Å²) < 4.78 is 29.4. The molecule has 1 fully saturated rings. The SMILES string of the molecule is COc1ccc(C(OC[C@H]2COC(C)(C)O2)(c2ccccc2)c2ccc(OC)cc2)cc1. The first-order chi connectivity index (χ1) is 15.5. The van der Waals surface area contributed by atoms with Crippen molar-refractivity contribution in [3.05, 3.63) is 95.6 Å². The predicted octanol–water partition coefficient (Wildman–Crippen LogP) is 5.16. The van der Waals surface area contributed by atoms with E-state index >= 15 is 0 Å². The number of rotatable bonds is 8. The van der Waals surface area contributed by atoms with Gasteiger partial charge in [0.25, 0.3) is 0 Å². The highest BCUT2D eigenvalue weighted by molar-refractivity contribution is 5.49. The molecule has 0 aromatic heterocycles. The predicted molar refractivity (Wildman–Crippen MR) is 123 cm³/mol. The lowest BCUT2D eigenvalue weighted by Crippen LogP contribution is -2.36. The van der Waals surface area contributed by atoms with E-state index in [9.17, 15) is 0 Å². The zero-order valence-electron chi connectivity index (χ0n) is 19.0. The molecule has 0 spiro atoms. The van der Waals surface area contributed by atoms with Crippen LogP contribution in [0.3, 0.4) is 0 Å². The molecule has 1 heterocycles. The molecule has 32 heavy (non-hydrogen) atoms. The first-order valence-corrected chi connectivity index (χ1v) is 10.8. The molecule has 0 aliphatic carbocycles. The largest absolute Gasteiger partial charge is 0.497 e. The molecule has 4 rings (SSSR count). The molecule has 0 bridgehead atoms. The maximum Gasteiger partial charge on any atom is 0.163 e. The summed E-state index contributed by atoms with van der Waals surface area (Å²) in [5.74, 6) is 0.975. The Kier molecular flexibility index (Phi) is 6.51. The Labute approximate surface area is 189 Å². The molecule has 168 valence electrons. The normalized spacial score (nSPS) is 17.8. The molecule has 0 unspecified atom stereocenters. The maximum absolute atomic E-state index is 6.83. The van der Waals surface area contributed by atoms with Crippen molar-refractivity contribution in [1.82, 2.24) is 0 Å². The van der Waals surface area contributed by atoms with Crippen LogP contribution in [-0.2, 0) is 19.8 Å². The Morgan fingerprint density at radius 2 is 1.28 bits per heavy atom. The van der Waals surface area contributed by atoms with Gasteiger partial charge in [-0.3, -0.25) is 0 Å². The van der Waals surface area contributed by atoms with Crippen LogP contribution in [-0.4, -0.2) is 39.3 Å². The van der Waals surface area contributed by atoms with Crippen LogP contribution in [0.2, 0.25) is 0 Å². The van der Waals surface area contributed by atoms with Crippen molar-refractivity contribution < 1.29 is 23.7 Å². The number of hydrogen-bond donors (Lipinski definition) is 0. The van der Waals surface area contributed by atoms with Crippen LogP contribution in [0.15, 0.2) is 78.9 Å². The van der Waals surface area contributed by atoms with Crippen molar-refractivity contribution in [1.29, 1.82) is 0 Å². The first-order valence-electron chi connectivity index (χ1n) is 10.8. The fourth-order valence-electron chi connectivity index (χ4n) is 4.14. The lowest BCUT2D eigenvalue weighted by molar-refractivity contribution is -0.150. The number of methoxy groups -OCH3 is 2. The standard InChI is InChI=1S/C27H30O5/c1-26(2)30-18-25(32-26)19-31-27(20-8-6-5-7-9-20,21-10-14-23(28-3)15-11-21)22-12-16-24(29-4)17-13-22/h5-17,25H,18-19H2,1-4H3/t25-/m1/s1. The molecule has 3 aromatic carbocycles. The minimum absolute atomic E-state index is 0.162. The molecule has 1 saturated heterocycles. The van der Waals surface area contributed by atoms with E-state index in [1.54, 1.807) is 14.2 Å². The van der Waals surface area contributed by atoms with Crippen LogP contribution in [0.5, 0.6) is 11.5 Å². The summed E-state index contributed by atoms with van der Waals surface area (Å²) in [6.45, 7) is 4.70. The van der Waals surface area contributed by atoms with Crippen molar-refractivity contribution >= 4 is 0 Å². The van der Waals surface area contributed by atoms with Crippen LogP contribution in [0.25, 0.3) is 0 Å². The van der Waals surface area contributed by atoms with Gasteiger partial charge in [0, 0.05) is 0 Å². The summed E-state index contributed by atoms with van der Waals surface area (Å²) in [6.07, 6.45) is -0.162. The van der Waals surface area contributed by atoms with E-state index < -0.39 is 11.4 Å². The van der Waals surface area contributed by atoms with E-state index in [0.717, 1.165) is 28.2 Å². The lowest BCUT2D eigenvalue weighted by atomic mass is 9.80. The van der Waals surface area contributed by atoms with Gasteiger partial charge < -0.3 is 23.7 Å². The van der Waals surface area contributed by atoms with Crippen molar-refractivity contribution in [3.8, 4) is 11.5 Å². The topological polar surface area (TPSA) is 46.2 Å². The molecule has 1 atom stereocenters. The third kappa shape index (κ3) is 4.51. The smallest absolute Gasteiger partial charge is 0.163 e. The second-order valence-corrected chi connectivity index (χ2v) is 8.27. The molecule has 3 aromatic rings. The highest BCUT2D eigenvalue weighted by Crippen LogP contribution is 2.42. The Balaban J connectivity index is 1.82. The Morgan fingerprint density at radius 1 is 0.781 bits per heavy atom. The second-order valence-electron chi connectivity index (χ2n) is 8.27. The van der Waals surface area contributed by atoms with Crippen molar-refractivity contribution in [2.75, 3.05) is 27.4 Å². The summed E-state index contributed by atoms with van der Waals surface area (Å²) in [4.78, 5) is 0. The quantitative estimate of drug-likeness (QED) is 0.458. The third-order valence-electron chi connectivity index (χ3n) is 5.73. The van der Waals surface area contributed by atoms with Crippen molar-refractivity contribution in [3.63, 3.8) is 0 Å². The van der Waals surface area contributed by atoms with Gasteiger partial charge in [-0.05, 0) is 54.8 Å². The molecule has 0 amide bonds. The fraction of sp³-hybridized carbons (Fsp3) is 0.333. The van der Waals surface area contributed by atoms with Crippen LogP contribution in [0.1, 0.15) is 30.5 Å². The molecule has 0 saturated carbocycles. The summed E-state index contributed by atoms with van der Waals surface area (Å²) >= 11 is 0. The minimum atomic E-state index is -0.851. The van der Waals surface area contributed by atoms with E-state index in [4.69, 9.17) is 23.7 Å². The molecular weight excluding hydrogens is 404 g/mol. The third-order valence-corrected chi connectivity index (χ3v) is 5.73. The van der Waals surface area contributed by atoms with Crippen LogP contribution in [0, 0.1) is 0 Å². The zero-order valence-corrected chi connectivity index (χ0v) is 19.0. The van der Waals surface area contributed by atoms with Crippen LogP contribution < -0.4 is 9.47 Å².